The molecule has 3 amide bonds. The molecular formula is C11H12ClN3O3. The van der Waals surface area contributed by atoms with Crippen LogP contribution in [0.4, 0.5) is 10.5 Å². The van der Waals surface area contributed by atoms with Crippen molar-refractivity contribution in [1.82, 2.24) is 10.5 Å². The molecule has 1 aliphatic rings. The average Bonchev–Trinajstić information content (AvgIpc) is 2.71. The average molecular weight is 270 g/mol. The van der Waals surface area contributed by atoms with Crippen molar-refractivity contribution in [3.63, 3.8) is 0 Å². The summed E-state index contributed by atoms with van der Waals surface area (Å²) in [5, 5.41) is 6.59. The number of anilines is 1. The molecule has 96 valence electrons. The topological polar surface area (TPSA) is 75.4 Å². The van der Waals surface area contributed by atoms with Gasteiger partial charge >= 0.3 is 6.03 Å². The van der Waals surface area contributed by atoms with Gasteiger partial charge in [-0.3, -0.25) is 4.79 Å². The fraction of sp³-hybridized carbons (Fsp3) is 0.364. The van der Waals surface area contributed by atoms with Crippen molar-refractivity contribution >= 4 is 29.2 Å². The summed E-state index contributed by atoms with van der Waals surface area (Å²) in [5.74, 6) is 0.0394. The van der Waals surface area contributed by atoms with Gasteiger partial charge in [0.2, 0.25) is 0 Å². The van der Waals surface area contributed by atoms with E-state index in [9.17, 15) is 9.59 Å². The van der Waals surface area contributed by atoms with E-state index < -0.39 is 12.1 Å². The molecule has 0 bridgehead atoms. The van der Waals surface area contributed by atoms with Crippen LogP contribution in [0.15, 0.2) is 16.1 Å². The van der Waals surface area contributed by atoms with Crippen molar-refractivity contribution in [1.29, 1.82) is 0 Å². The maximum atomic E-state index is 12.1. The summed E-state index contributed by atoms with van der Waals surface area (Å²) in [6.07, 6.45) is 0.200. The third kappa shape index (κ3) is 1.99. The van der Waals surface area contributed by atoms with Crippen LogP contribution >= 0.6 is 11.6 Å². The van der Waals surface area contributed by atoms with E-state index in [1.54, 1.807) is 13.8 Å². The van der Waals surface area contributed by atoms with Gasteiger partial charge in [-0.2, -0.15) is 0 Å². The minimum atomic E-state index is -0.684. The molecule has 0 aliphatic carbocycles. The molecule has 1 aromatic heterocycles. The molecule has 18 heavy (non-hydrogen) atoms. The Morgan fingerprint density at radius 3 is 2.72 bits per heavy atom. The highest BCUT2D eigenvalue weighted by Crippen LogP contribution is 2.28. The summed E-state index contributed by atoms with van der Waals surface area (Å²) in [6.45, 7) is 6.82. The number of carbonyl (C=O) groups excluding carboxylic acids is 2. The van der Waals surface area contributed by atoms with E-state index in [0.717, 1.165) is 4.90 Å². The highest BCUT2D eigenvalue weighted by Gasteiger charge is 2.41. The molecule has 0 radical (unpaired) electrons. The van der Waals surface area contributed by atoms with Crippen LogP contribution in [-0.4, -0.2) is 23.1 Å². The maximum Gasteiger partial charge on any atom is 0.329 e. The fourth-order valence-corrected chi connectivity index (χ4v) is 2.05. The maximum absolute atomic E-state index is 12.1. The zero-order valence-corrected chi connectivity index (χ0v) is 10.7. The number of halogens is 1. The number of imide groups is 1. The Morgan fingerprint density at radius 2 is 2.22 bits per heavy atom. The van der Waals surface area contributed by atoms with E-state index in [4.69, 9.17) is 16.1 Å². The highest BCUT2D eigenvalue weighted by atomic mass is 35.5. The zero-order chi connectivity index (χ0) is 13.4. The molecule has 1 unspecified atom stereocenters. The largest absolute Gasteiger partial charge is 0.359 e. The smallest absolute Gasteiger partial charge is 0.329 e. The molecule has 0 aromatic carbocycles. The van der Waals surface area contributed by atoms with E-state index in [-0.39, 0.29) is 12.3 Å². The predicted octanol–water partition coefficient (Wildman–Crippen LogP) is 1.86. The Labute approximate surface area is 109 Å². The summed E-state index contributed by atoms with van der Waals surface area (Å²) in [7, 11) is 0. The molecule has 1 N–H and O–H groups in total. The Hall–Kier alpha value is -1.82. The van der Waals surface area contributed by atoms with Crippen molar-refractivity contribution in [2.75, 3.05) is 4.90 Å². The van der Waals surface area contributed by atoms with Gasteiger partial charge in [0.05, 0.1) is 0 Å². The second-order valence-electron chi connectivity index (χ2n) is 4.07. The second kappa shape index (κ2) is 4.45. The number of amides is 3. The number of rotatable bonds is 3. The van der Waals surface area contributed by atoms with E-state index in [0.29, 0.717) is 22.2 Å². The lowest BCUT2D eigenvalue weighted by molar-refractivity contribution is -0.118. The molecule has 6 nitrogen and oxygen atoms in total. The van der Waals surface area contributed by atoms with Crippen molar-refractivity contribution in [3.05, 3.63) is 23.1 Å². The van der Waals surface area contributed by atoms with Gasteiger partial charge < -0.3 is 9.84 Å². The number of nitrogens with zero attached hydrogens (tertiary/aromatic N) is 2. The second-order valence-corrected chi connectivity index (χ2v) is 4.60. The lowest BCUT2D eigenvalue weighted by atomic mass is 10.2. The van der Waals surface area contributed by atoms with Crippen molar-refractivity contribution in [3.8, 4) is 0 Å². The van der Waals surface area contributed by atoms with Gasteiger partial charge in [0, 0.05) is 11.5 Å². The monoisotopic (exact) mass is 269 g/mol. The summed E-state index contributed by atoms with van der Waals surface area (Å²) in [6, 6.07) is -1.19. The predicted molar refractivity (Wildman–Crippen MR) is 65.4 cm³/mol. The van der Waals surface area contributed by atoms with Gasteiger partial charge in [0.25, 0.3) is 5.91 Å². The molecule has 1 fully saturated rings. The van der Waals surface area contributed by atoms with E-state index in [1.807, 2.05) is 0 Å². The summed E-state index contributed by atoms with van der Waals surface area (Å²) < 4.78 is 4.95. The first-order valence-corrected chi connectivity index (χ1v) is 5.70. The summed E-state index contributed by atoms with van der Waals surface area (Å²) in [4.78, 5) is 25.0. The minimum Gasteiger partial charge on any atom is -0.359 e. The van der Waals surface area contributed by atoms with Crippen LogP contribution in [0.2, 0.25) is 0 Å². The third-order valence-corrected chi connectivity index (χ3v) is 2.82. The number of hydrogen-bond acceptors (Lipinski definition) is 4. The molecule has 2 heterocycles. The van der Waals surface area contributed by atoms with Crippen LogP contribution < -0.4 is 10.2 Å². The first-order chi connectivity index (χ1) is 8.41. The lowest BCUT2D eigenvalue weighted by Crippen LogP contribution is -2.32. The first kappa shape index (κ1) is 12.6. The zero-order valence-electron chi connectivity index (χ0n) is 9.99. The first-order valence-electron chi connectivity index (χ1n) is 5.32. The fourth-order valence-electron chi connectivity index (χ4n) is 1.90. The van der Waals surface area contributed by atoms with Gasteiger partial charge in [-0.25, -0.2) is 9.69 Å². The van der Waals surface area contributed by atoms with E-state index in [1.165, 1.54) is 0 Å². The highest BCUT2D eigenvalue weighted by molar-refractivity contribution is 6.30. The molecule has 0 saturated carbocycles. The SMILES string of the molecule is C=C(Cl)CC1NC(=O)N(c2c(C)noc2C)C1=O. The van der Waals surface area contributed by atoms with Crippen LogP contribution in [0.3, 0.4) is 0 Å². The Kier molecular flexibility index (Phi) is 3.13. The Balaban J connectivity index is 2.33. The number of aryl methyl sites for hydroxylation is 2. The molecule has 1 saturated heterocycles. The van der Waals surface area contributed by atoms with E-state index >= 15 is 0 Å². The number of aromatic nitrogens is 1. The van der Waals surface area contributed by atoms with Gasteiger partial charge in [-0.05, 0) is 13.8 Å². The molecule has 7 heteroatoms. The number of urea groups is 1. The molecule has 1 atom stereocenters. The lowest BCUT2D eigenvalue weighted by Gasteiger charge is -2.11. The number of hydrogen-bond donors (Lipinski definition) is 1. The quantitative estimate of drug-likeness (QED) is 0.850. The van der Waals surface area contributed by atoms with Crippen LogP contribution in [-0.2, 0) is 4.79 Å². The van der Waals surface area contributed by atoms with Crippen molar-refractivity contribution < 1.29 is 14.1 Å². The third-order valence-electron chi connectivity index (χ3n) is 2.66. The molecule has 0 spiro atoms. The number of carbonyl (C=O) groups is 2. The van der Waals surface area contributed by atoms with Crippen LogP contribution in [0.5, 0.6) is 0 Å². The van der Waals surface area contributed by atoms with Gasteiger partial charge in [-0.15, -0.1) is 0 Å². The molecule has 1 aliphatic heterocycles. The van der Waals surface area contributed by atoms with Crippen LogP contribution in [0.25, 0.3) is 0 Å². The molecule has 1 aromatic rings. The van der Waals surface area contributed by atoms with Crippen LogP contribution in [0, 0.1) is 13.8 Å². The Bertz CT molecular complexity index is 518. The molecular weight excluding hydrogens is 258 g/mol. The summed E-state index contributed by atoms with van der Waals surface area (Å²) >= 11 is 5.66. The minimum absolute atomic E-state index is 0.200. The van der Waals surface area contributed by atoms with E-state index in [2.05, 4.69) is 17.1 Å². The van der Waals surface area contributed by atoms with Gasteiger partial charge in [0.15, 0.2) is 5.76 Å². The summed E-state index contributed by atoms with van der Waals surface area (Å²) in [5.41, 5.74) is 0.876. The van der Waals surface area contributed by atoms with Crippen molar-refractivity contribution in [2.45, 2.75) is 26.3 Å². The van der Waals surface area contributed by atoms with Crippen LogP contribution in [0.1, 0.15) is 17.9 Å². The Morgan fingerprint density at radius 1 is 1.56 bits per heavy atom. The normalized spacial score (nSPS) is 19.3. The molecule has 2 rings (SSSR count). The standard InChI is InChI=1S/C11H12ClN3O3/c1-5(12)4-8-10(16)15(11(17)13-8)9-6(2)14-18-7(9)3/h8H,1,4H2,2-3H3,(H,13,17). The number of nitrogens with one attached hydrogen (secondary N) is 1. The van der Waals surface area contributed by atoms with Gasteiger partial charge in [0.1, 0.15) is 17.4 Å². The van der Waals surface area contributed by atoms with Gasteiger partial charge in [-0.1, -0.05) is 23.3 Å². The van der Waals surface area contributed by atoms with Crippen molar-refractivity contribution in [2.24, 2.45) is 0 Å².